The second kappa shape index (κ2) is 4.09. The topological polar surface area (TPSA) is 20.2 Å². The maximum atomic E-state index is 12.7. The Morgan fingerprint density at radius 3 is 2.14 bits per heavy atom. The van der Waals surface area contributed by atoms with Gasteiger partial charge in [0, 0.05) is 0 Å². The Balaban J connectivity index is 2.05. The molecule has 1 aliphatic rings. The lowest BCUT2D eigenvalue weighted by Crippen LogP contribution is -2.16. The molecule has 1 aromatic carbocycles. The smallest absolute Gasteiger partial charge is 0.123 e. The molecule has 76 valence electrons. The summed E-state index contributed by atoms with van der Waals surface area (Å²) >= 11 is 0. The van der Waals surface area contributed by atoms with E-state index in [-0.39, 0.29) is 11.9 Å². The van der Waals surface area contributed by atoms with Crippen LogP contribution in [0.5, 0.6) is 0 Å². The van der Waals surface area contributed by atoms with Gasteiger partial charge in [0.25, 0.3) is 0 Å². The maximum absolute atomic E-state index is 12.7. The number of aliphatic hydroxyl groups excluding tert-OH is 1. The lowest BCUT2D eigenvalue weighted by Gasteiger charge is -2.25. The fourth-order valence-electron chi connectivity index (χ4n) is 2.14. The predicted molar refractivity (Wildman–Crippen MR) is 53.6 cm³/mol. The van der Waals surface area contributed by atoms with E-state index in [1.165, 1.54) is 17.7 Å². The molecule has 0 atom stereocenters. The molecule has 0 spiro atoms. The second-order valence-electron chi connectivity index (χ2n) is 4.06. The van der Waals surface area contributed by atoms with Crippen molar-refractivity contribution in [3.8, 4) is 0 Å². The van der Waals surface area contributed by atoms with Gasteiger partial charge >= 0.3 is 0 Å². The van der Waals surface area contributed by atoms with E-state index in [0.29, 0.717) is 5.92 Å². The summed E-state index contributed by atoms with van der Waals surface area (Å²) in [4.78, 5) is 0. The van der Waals surface area contributed by atoms with E-state index < -0.39 is 0 Å². The Hall–Kier alpha value is -0.890. The van der Waals surface area contributed by atoms with Gasteiger partial charge in [0.2, 0.25) is 0 Å². The molecular weight excluding hydrogens is 179 g/mol. The molecule has 0 heterocycles. The predicted octanol–water partition coefficient (Wildman–Crippen LogP) is 2.84. The van der Waals surface area contributed by atoms with Gasteiger partial charge in [-0.15, -0.1) is 0 Å². The van der Waals surface area contributed by atoms with Crippen molar-refractivity contribution < 1.29 is 9.50 Å². The molecule has 1 fully saturated rings. The van der Waals surface area contributed by atoms with E-state index in [0.717, 1.165) is 25.7 Å². The van der Waals surface area contributed by atoms with Gasteiger partial charge in [0.15, 0.2) is 0 Å². The minimum atomic E-state index is -0.176. The first kappa shape index (κ1) is 9.66. The zero-order valence-corrected chi connectivity index (χ0v) is 8.12. The summed E-state index contributed by atoms with van der Waals surface area (Å²) in [6, 6.07) is 6.75. The first-order valence-electron chi connectivity index (χ1n) is 5.19. The Bertz CT molecular complexity index is 286. The molecule has 0 saturated heterocycles. The van der Waals surface area contributed by atoms with Crippen LogP contribution in [-0.4, -0.2) is 11.2 Å². The zero-order valence-electron chi connectivity index (χ0n) is 8.12. The molecule has 0 amide bonds. The van der Waals surface area contributed by atoms with Crippen LogP contribution >= 0.6 is 0 Å². The third-order valence-electron chi connectivity index (χ3n) is 3.04. The van der Waals surface area contributed by atoms with Gasteiger partial charge in [-0.1, -0.05) is 12.1 Å². The number of hydrogen-bond acceptors (Lipinski definition) is 1. The van der Waals surface area contributed by atoms with E-state index >= 15 is 0 Å². The van der Waals surface area contributed by atoms with Gasteiger partial charge in [0.05, 0.1) is 6.10 Å². The van der Waals surface area contributed by atoms with Crippen molar-refractivity contribution in [3.05, 3.63) is 35.6 Å². The van der Waals surface area contributed by atoms with Crippen molar-refractivity contribution in [2.75, 3.05) is 0 Å². The molecule has 0 bridgehead atoms. The number of halogens is 1. The van der Waals surface area contributed by atoms with Gasteiger partial charge in [0.1, 0.15) is 5.82 Å². The molecule has 14 heavy (non-hydrogen) atoms. The summed E-state index contributed by atoms with van der Waals surface area (Å²) in [7, 11) is 0. The SMILES string of the molecule is O[C@H]1CC[C@@H](c2ccc(F)cc2)CC1. The normalized spacial score (nSPS) is 27.6. The maximum Gasteiger partial charge on any atom is 0.123 e. The largest absolute Gasteiger partial charge is 0.393 e. The highest BCUT2D eigenvalue weighted by Crippen LogP contribution is 2.32. The van der Waals surface area contributed by atoms with E-state index in [1.807, 2.05) is 12.1 Å². The van der Waals surface area contributed by atoms with Gasteiger partial charge in [-0.2, -0.15) is 0 Å². The second-order valence-corrected chi connectivity index (χ2v) is 4.06. The fourth-order valence-corrected chi connectivity index (χ4v) is 2.14. The highest BCUT2D eigenvalue weighted by molar-refractivity contribution is 5.20. The Labute approximate surface area is 83.6 Å². The number of benzene rings is 1. The van der Waals surface area contributed by atoms with E-state index in [2.05, 4.69) is 0 Å². The van der Waals surface area contributed by atoms with E-state index in [9.17, 15) is 9.50 Å². The van der Waals surface area contributed by atoms with Gasteiger partial charge in [-0.25, -0.2) is 4.39 Å². The molecule has 1 aliphatic carbocycles. The van der Waals surface area contributed by atoms with Crippen LogP contribution in [0.1, 0.15) is 37.2 Å². The minimum absolute atomic E-state index is 0.119. The molecule has 1 aromatic rings. The number of hydrogen-bond donors (Lipinski definition) is 1. The average Bonchev–Trinajstić information content (AvgIpc) is 2.21. The average molecular weight is 194 g/mol. The summed E-state index contributed by atoms with van der Waals surface area (Å²) in [5.41, 5.74) is 1.21. The van der Waals surface area contributed by atoms with Gasteiger partial charge in [-0.3, -0.25) is 0 Å². The van der Waals surface area contributed by atoms with Crippen LogP contribution in [0, 0.1) is 5.82 Å². The molecule has 1 N–H and O–H groups in total. The van der Waals surface area contributed by atoms with Crippen LogP contribution in [0.3, 0.4) is 0 Å². The zero-order chi connectivity index (χ0) is 9.97. The van der Waals surface area contributed by atoms with Crippen molar-refractivity contribution in [3.63, 3.8) is 0 Å². The fraction of sp³-hybridized carbons (Fsp3) is 0.500. The molecule has 2 rings (SSSR count). The monoisotopic (exact) mass is 194 g/mol. The van der Waals surface area contributed by atoms with E-state index in [4.69, 9.17) is 0 Å². The highest BCUT2D eigenvalue weighted by atomic mass is 19.1. The Kier molecular flexibility index (Phi) is 2.82. The summed E-state index contributed by atoms with van der Waals surface area (Å²) in [5, 5.41) is 9.36. The molecule has 0 aromatic heterocycles. The Morgan fingerprint density at radius 2 is 1.57 bits per heavy atom. The van der Waals surface area contributed by atoms with Crippen LogP contribution < -0.4 is 0 Å². The Morgan fingerprint density at radius 1 is 1.00 bits per heavy atom. The first-order valence-corrected chi connectivity index (χ1v) is 5.19. The minimum Gasteiger partial charge on any atom is -0.393 e. The summed E-state index contributed by atoms with van der Waals surface area (Å²) in [6.07, 6.45) is 3.68. The van der Waals surface area contributed by atoms with Crippen molar-refractivity contribution in [2.45, 2.75) is 37.7 Å². The van der Waals surface area contributed by atoms with Crippen molar-refractivity contribution in [2.24, 2.45) is 0 Å². The molecule has 1 nitrogen and oxygen atoms in total. The standard InChI is InChI=1S/C12H15FO/c13-11-5-1-9(2-6-11)10-3-7-12(14)8-4-10/h1-2,5-6,10,12,14H,3-4,7-8H2/t10-,12+. The molecule has 1 saturated carbocycles. The van der Waals surface area contributed by atoms with Gasteiger partial charge in [-0.05, 0) is 49.3 Å². The third-order valence-corrected chi connectivity index (χ3v) is 3.04. The molecule has 0 aliphatic heterocycles. The summed E-state index contributed by atoms with van der Waals surface area (Å²) < 4.78 is 12.7. The van der Waals surface area contributed by atoms with Crippen LogP contribution in [0.25, 0.3) is 0 Å². The van der Waals surface area contributed by atoms with E-state index in [1.54, 1.807) is 0 Å². The van der Waals surface area contributed by atoms with Crippen molar-refractivity contribution in [1.29, 1.82) is 0 Å². The first-order chi connectivity index (χ1) is 6.75. The van der Waals surface area contributed by atoms with Crippen LogP contribution in [0.15, 0.2) is 24.3 Å². The van der Waals surface area contributed by atoms with Crippen LogP contribution in [0.4, 0.5) is 4.39 Å². The van der Waals surface area contributed by atoms with Crippen molar-refractivity contribution >= 4 is 0 Å². The quantitative estimate of drug-likeness (QED) is 0.728. The number of aliphatic hydroxyl groups is 1. The molecular formula is C12H15FO. The number of rotatable bonds is 1. The van der Waals surface area contributed by atoms with Crippen LogP contribution in [-0.2, 0) is 0 Å². The lowest BCUT2D eigenvalue weighted by atomic mass is 9.83. The highest BCUT2D eigenvalue weighted by Gasteiger charge is 2.20. The van der Waals surface area contributed by atoms with Crippen molar-refractivity contribution in [1.82, 2.24) is 0 Å². The van der Waals surface area contributed by atoms with Crippen LogP contribution in [0.2, 0.25) is 0 Å². The molecule has 0 radical (unpaired) electrons. The summed E-state index contributed by atoms with van der Waals surface area (Å²) in [6.45, 7) is 0. The van der Waals surface area contributed by atoms with Gasteiger partial charge < -0.3 is 5.11 Å². The molecule has 0 unspecified atom stereocenters. The summed E-state index contributed by atoms with van der Waals surface area (Å²) in [5.74, 6) is 0.337. The lowest BCUT2D eigenvalue weighted by molar-refractivity contribution is 0.122. The third kappa shape index (κ3) is 2.13. The molecule has 2 heteroatoms.